The number of carbonyl (C=O) groups is 1. The average Bonchev–Trinajstić information content (AvgIpc) is 2.84. The minimum atomic E-state index is -0.600. The minimum Gasteiger partial charge on any atom is -0.460 e. The summed E-state index contributed by atoms with van der Waals surface area (Å²) in [6.45, 7) is 7.38. The molecule has 0 fully saturated rings. The molecule has 0 aliphatic carbocycles. The number of halogens is 3. The molecular weight excluding hydrogens is 507 g/mol. The number of aromatic nitrogens is 3. The van der Waals surface area contributed by atoms with Crippen LogP contribution in [-0.2, 0) is 4.74 Å². The maximum absolute atomic E-state index is 12.6. The molecule has 0 saturated carbocycles. The lowest BCUT2D eigenvalue weighted by molar-refractivity contribution is 0.0512. The highest BCUT2D eigenvalue weighted by Crippen LogP contribution is 2.39. The standard InChI is InChI=1S/C26H23Cl3N4O2/c1-4-33(5-2)25-20-14-19(15-7-9-16(27)10-8-15)22(18-12-11-17(28)13-21(18)29)30-23(20)31-24(32-25)26(34)35-6-3/h7-14H,4-6H2,1-3H3. The van der Waals surface area contributed by atoms with Gasteiger partial charge >= 0.3 is 5.97 Å². The summed E-state index contributed by atoms with van der Waals surface area (Å²) in [5, 5.41) is 2.30. The van der Waals surface area contributed by atoms with E-state index in [9.17, 15) is 4.79 Å². The number of esters is 1. The van der Waals surface area contributed by atoms with Crippen LogP contribution in [0.15, 0.2) is 48.5 Å². The fourth-order valence-electron chi connectivity index (χ4n) is 3.83. The van der Waals surface area contributed by atoms with E-state index in [1.807, 2.05) is 50.2 Å². The number of hydrogen-bond acceptors (Lipinski definition) is 6. The number of pyridine rings is 1. The second-order valence-corrected chi connectivity index (χ2v) is 8.93. The zero-order valence-electron chi connectivity index (χ0n) is 19.5. The number of hydrogen-bond donors (Lipinski definition) is 0. The molecule has 4 aromatic rings. The molecule has 0 radical (unpaired) electrons. The summed E-state index contributed by atoms with van der Waals surface area (Å²) in [5.41, 5.74) is 3.36. The van der Waals surface area contributed by atoms with Gasteiger partial charge in [0.05, 0.1) is 22.7 Å². The van der Waals surface area contributed by atoms with Gasteiger partial charge in [0.1, 0.15) is 5.82 Å². The first-order chi connectivity index (χ1) is 16.9. The molecule has 2 aromatic carbocycles. The van der Waals surface area contributed by atoms with Crippen molar-refractivity contribution in [2.45, 2.75) is 20.8 Å². The van der Waals surface area contributed by atoms with E-state index in [-0.39, 0.29) is 12.4 Å². The van der Waals surface area contributed by atoms with Crippen LogP contribution in [0.1, 0.15) is 31.4 Å². The third kappa shape index (κ3) is 5.20. The molecule has 0 spiro atoms. The molecule has 0 saturated heterocycles. The lowest BCUT2D eigenvalue weighted by Gasteiger charge is -2.22. The highest BCUT2D eigenvalue weighted by atomic mass is 35.5. The normalized spacial score (nSPS) is 11.0. The second-order valence-electron chi connectivity index (χ2n) is 7.65. The van der Waals surface area contributed by atoms with E-state index in [0.29, 0.717) is 56.3 Å². The summed E-state index contributed by atoms with van der Waals surface area (Å²) in [4.78, 5) is 28.6. The van der Waals surface area contributed by atoms with Crippen LogP contribution in [0.4, 0.5) is 5.82 Å². The Balaban J connectivity index is 2.08. The van der Waals surface area contributed by atoms with Crippen LogP contribution in [0, 0.1) is 0 Å². The second kappa shape index (κ2) is 10.8. The summed E-state index contributed by atoms with van der Waals surface area (Å²) in [6.07, 6.45) is 0. The van der Waals surface area contributed by atoms with Crippen molar-refractivity contribution in [3.8, 4) is 22.4 Å². The van der Waals surface area contributed by atoms with Gasteiger partial charge in [-0.2, -0.15) is 0 Å². The van der Waals surface area contributed by atoms with Gasteiger partial charge in [-0.3, -0.25) is 0 Å². The molecule has 2 heterocycles. The maximum atomic E-state index is 12.6. The zero-order chi connectivity index (χ0) is 25.1. The first kappa shape index (κ1) is 25.2. The first-order valence-electron chi connectivity index (χ1n) is 11.2. The Labute approximate surface area is 218 Å². The molecule has 0 N–H and O–H groups in total. The highest BCUT2D eigenvalue weighted by molar-refractivity contribution is 6.36. The van der Waals surface area contributed by atoms with Crippen molar-refractivity contribution in [1.82, 2.24) is 15.0 Å². The fourth-order valence-corrected chi connectivity index (χ4v) is 4.45. The average molecular weight is 530 g/mol. The molecule has 0 bridgehead atoms. The van der Waals surface area contributed by atoms with Crippen molar-refractivity contribution < 1.29 is 9.53 Å². The highest BCUT2D eigenvalue weighted by Gasteiger charge is 2.22. The Morgan fingerprint density at radius 2 is 1.54 bits per heavy atom. The molecular formula is C26H23Cl3N4O2. The van der Waals surface area contributed by atoms with Crippen LogP contribution >= 0.6 is 34.8 Å². The molecule has 35 heavy (non-hydrogen) atoms. The predicted molar refractivity (Wildman–Crippen MR) is 143 cm³/mol. The van der Waals surface area contributed by atoms with Crippen LogP contribution in [0.5, 0.6) is 0 Å². The van der Waals surface area contributed by atoms with Crippen molar-refractivity contribution in [2.75, 3.05) is 24.6 Å². The molecule has 9 heteroatoms. The number of carbonyl (C=O) groups excluding carboxylic acids is 1. The predicted octanol–water partition coefficient (Wildman–Crippen LogP) is 7.34. The molecule has 0 atom stereocenters. The van der Waals surface area contributed by atoms with E-state index in [0.717, 1.165) is 11.1 Å². The van der Waals surface area contributed by atoms with Crippen LogP contribution in [0.3, 0.4) is 0 Å². The van der Waals surface area contributed by atoms with Crippen LogP contribution in [-0.4, -0.2) is 40.6 Å². The number of benzene rings is 2. The van der Waals surface area contributed by atoms with Gasteiger partial charge in [-0.15, -0.1) is 0 Å². The molecule has 180 valence electrons. The van der Waals surface area contributed by atoms with E-state index in [2.05, 4.69) is 14.9 Å². The Bertz CT molecular complexity index is 1390. The van der Waals surface area contributed by atoms with Gasteiger partial charge in [0.2, 0.25) is 5.82 Å². The number of ether oxygens (including phenoxy) is 1. The number of nitrogens with zero attached hydrogens (tertiary/aromatic N) is 4. The van der Waals surface area contributed by atoms with Crippen molar-refractivity contribution in [1.29, 1.82) is 0 Å². The summed E-state index contributed by atoms with van der Waals surface area (Å²) < 4.78 is 5.17. The van der Waals surface area contributed by atoms with Gasteiger partial charge < -0.3 is 9.64 Å². The Morgan fingerprint density at radius 3 is 2.17 bits per heavy atom. The zero-order valence-corrected chi connectivity index (χ0v) is 21.7. The lowest BCUT2D eigenvalue weighted by Crippen LogP contribution is -2.25. The van der Waals surface area contributed by atoms with E-state index >= 15 is 0 Å². The van der Waals surface area contributed by atoms with Gasteiger partial charge in [-0.25, -0.2) is 19.7 Å². The lowest BCUT2D eigenvalue weighted by atomic mass is 9.98. The molecule has 0 aliphatic heterocycles. The fraction of sp³-hybridized carbons (Fsp3) is 0.231. The maximum Gasteiger partial charge on any atom is 0.376 e. The van der Waals surface area contributed by atoms with Crippen LogP contribution in [0.25, 0.3) is 33.4 Å². The summed E-state index contributed by atoms with van der Waals surface area (Å²) in [5.74, 6) is -0.0295. The number of rotatable bonds is 7. The summed E-state index contributed by atoms with van der Waals surface area (Å²) in [7, 11) is 0. The van der Waals surface area contributed by atoms with Gasteiger partial charge in [-0.05, 0) is 62.7 Å². The Morgan fingerprint density at radius 1 is 0.857 bits per heavy atom. The van der Waals surface area contributed by atoms with Crippen molar-refractivity contribution in [3.63, 3.8) is 0 Å². The van der Waals surface area contributed by atoms with E-state index in [1.165, 1.54) is 0 Å². The number of fused-ring (bicyclic) bond motifs is 1. The van der Waals surface area contributed by atoms with E-state index in [4.69, 9.17) is 44.5 Å². The monoisotopic (exact) mass is 528 g/mol. The SMILES string of the molecule is CCOC(=O)c1nc(N(CC)CC)c2cc(-c3ccc(Cl)cc3)c(-c3ccc(Cl)cc3Cl)nc2n1. The van der Waals surface area contributed by atoms with Crippen molar-refractivity contribution >= 4 is 57.6 Å². The van der Waals surface area contributed by atoms with E-state index < -0.39 is 5.97 Å². The van der Waals surface area contributed by atoms with Crippen LogP contribution in [0.2, 0.25) is 15.1 Å². The minimum absolute atomic E-state index is 0.0406. The first-order valence-corrected chi connectivity index (χ1v) is 12.4. The molecule has 0 amide bonds. The molecule has 0 unspecified atom stereocenters. The quantitative estimate of drug-likeness (QED) is 0.233. The van der Waals surface area contributed by atoms with Crippen molar-refractivity contribution in [3.05, 3.63) is 69.4 Å². The Hall–Kier alpha value is -2.93. The number of anilines is 1. The van der Waals surface area contributed by atoms with Gasteiger partial charge in [-0.1, -0.05) is 46.9 Å². The van der Waals surface area contributed by atoms with E-state index in [1.54, 1.807) is 19.1 Å². The Kier molecular flexibility index (Phi) is 7.75. The third-order valence-corrected chi connectivity index (χ3v) is 6.33. The largest absolute Gasteiger partial charge is 0.460 e. The third-order valence-electron chi connectivity index (χ3n) is 5.53. The molecule has 0 aliphatic rings. The topological polar surface area (TPSA) is 68.2 Å². The van der Waals surface area contributed by atoms with Crippen molar-refractivity contribution in [2.24, 2.45) is 0 Å². The molecule has 4 rings (SSSR count). The van der Waals surface area contributed by atoms with Crippen LogP contribution < -0.4 is 4.90 Å². The molecule has 2 aromatic heterocycles. The van der Waals surface area contributed by atoms with Gasteiger partial charge in [0.15, 0.2) is 5.65 Å². The van der Waals surface area contributed by atoms with Gasteiger partial charge in [0, 0.05) is 34.3 Å². The van der Waals surface area contributed by atoms with Gasteiger partial charge in [0.25, 0.3) is 0 Å². The molecule has 6 nitrogen and oxygen atoms in total. The summed E-state index contributed by atoms with van der Waals surface area (Å²) >= 11 is 18.9. The smallest absolute Gasteiger partial charge is 0.376 e. The summed E-state index contributed by atoms with van der Waals surface area (Å²) in [6, 6.07) is 14.7.